The number of amides is 3. The van der Waals surface area contributed by atoms with E-state index in [1.54, 1.807) is 20.8 Å². The van der Waals surface area contributed by atoms with Crippen LogP contribution in [0.4, 0.5) is 4.79 Å². The molecule has 0 saturated heterocycles. The number of hydrogen-bond acceptors (Lipinski definition) is 4. The van der Waals surface area contributed by atoms with Crippen LogP contribution in [-0.2, 0) is 20.9 Å². The molecule has 0 heterocycles. The van der Waals surface area contributed by atoms with Gasteiger partial charge in [-0.2, -0.15) is 0 Å². The van der Waals surface area contributed by atoms with Crippen molar-refractivity contribution in [1.29, 1.82) is 0 Å². The monoisotopic (exact) mass is 467 g/mol. The predicted octanol–water partition coefficient (Wildman–Crippen LogP) is 4.42. The number of ether oxygens (including phenoxy) is 1. The van der Waals surface area contributed by atoms with Gasteiger partial charge in [-0.3, -0.25) is 9.59 Å². The van der Waals surface area contributed by atoms with Gasteiger partial charge < -0.3 is 20.3 Å². The van der Waals surface area contributed by atoms with Crippen molar-refractivity contribution < 1.29 is 19.1 Å². The molecule has 0 bridgehead atoms. The summed E-state index contributed by atoms with van der Waals surface area (Å²) in [6, 6.07) is 14.3. The molecule has 1 unspecified atom stereocenters. The summed E-state index contributed by atoms with van der Waals surface area (Å²) in [7, 11) is 0. The molecule has 184 valence electrons. The van der Waals surface area contributed by atoms with Crippen LogP contribution >= 0.6 is 0 Å². The molecule has 0 radical (unpaired) electrons. The second kappa shape index (κ2) is 11.7. The van der Waals surface area contributed by atoms with Gasteiger partial charge in [0.1, 0.15) is 18.2 Å². The zero-order chi connectivity index (χ0) is 25.5. The molecule has 34 heavy (non-hydrogen) atoms. The maximum absolute atomic E-state index is 13.6. The molecule has 2 aromatic carbocycles. The highest BCUT2D eigenvalue weighted by molar-refractivity contribution is 5.91. The Hall–Kier alpha value is -3.35. The molecule has 2 aromatic rings. The van der Waals surface area contributed by atoms with E-state index in [-0.39, 0.29) is 24.4 Å². The maximum atomic E-state index is 13.6. The van der Waals surface area contributed by atoms with E-state index in [9.17, 15) is 14.4 Å². The Bertz CT molecular complexity index is 976. The van der Waals surface area contributed by atoms with E-state index in [2.05, 4.69) is 10.6 Å². The van der Waals surface area contributed by atoms with Crippen molar-refractivity contribution in [2.75, 3.05) is 6.54 Å². The molecule has 0 saturated carbocycles. The number of hydrogen-bond donors (Lipinski definition) is 2. The molecule has 7 nitrogen and oxygen atoms in total. The number of nitrogens with one attached hydrogen (secondary N) is 2. The van der Waals surface area contributed by atoms with Crippen LogP contribution in [0.15, 0.2) is 48.5 Å². The predicted molar refractivity (Wildman–Crippen MR) is 133 cm³/mol. The molecule has 2 rings (SSSR count). The van der Waals surface area contributed by atoms with E-state index < -0.39 is 17.7 Å². The van der Waals surface area contributed by atoms with Crippen LogP contribution in [0.25, 0.3) is 0 Å². The van der Waals surface area contributed by atoms with Crippen molar-refractivity contribution in [1.82, 2.24) is 15.5 Å². The Kier molecular flexibility index (Phi) is 9.24. The molecule has 0 spiro atoms. The summed E-state index contributed by atoms with van der Waals surface area (Å²) in [5.41, 5.74) is 2.90. The van der Waals surface area contributed by atoms with Gasteiger partial charge in [-0.1, -0.05) is 48.5 Å². The smallest absolute Gasteiger partial charge is 0.408 e. The van der Waals surface area contributed by atoms with E-state index in [0.29, 0.717) is 6.54 Å². The lowest BCUT2D eigenvalue weighted by Gasteiger charge is -2.36. The Morgan fingerprint density at radius 2 is 1.50 bits per heavy atom. The summed E-state index contributed by atoms with van der Waals surface area (Å²) >= 11 is 0. The van der Waals surface area contributed by atoms with Crippen LogP contribution in [0.1, 0.15) is 62.9 Å². The summed E-state index contributed by atoms with van der Waals surface area (Å²) in [6.07, 6.45) is -0.679. The number of carbonyl (C=O) groups excluding carboxylic acids is 3. The molecule has 0 aliphatic carbocycles. The van der Waals surface area contributed by atoms with Crippen molar-refractivity contribution in [2.45, 2.75) is 72.7 Å². The maximum Gasteiger partial charge on any atom is 0.408 e. The fourth-order valence-electron chi connectivity index (χ4n) is 3.82. The molecule has 1 atom stereocenters. The van der Waals surface area contributed by atoms with Gasteiger partial charge in [0.15, 0.2) is 0 Å². The number of carbonyl (C=O) groups is 3. The Labute approximate surface area is 202 Å². The fraction of sp³-hybridized carbons (Fsp3) is 0.444. The van der Waals surface area contributed by atoms with Gasteiger partial charge in [-0.05, 0) is 70.7 Å². The number of alkyl carbamates (subject to hydrolysis) is 1. The summed E-state index contributed by atoms with van der Waals surface area (Å²) in [6.45, 7) is 12.9. The van der Waals surface area contributed by atoms with Crippen LogP contribution in [0.5, 0.6) is 0 Å². The summed E-state index contributed by atoms with van der Waals surface area (Å²) in [5, 5.41) is 5.52. The van der Waals surface area contributed by atoms with Gasteiger partial charge >= 0.3 is 6.09 Å². The van der Waals surface area contributed by atoms with Gasteiger partial charge in [-0.15, -0.1) is 0 Å². The minimum atomic E-state index is -0.849. The van der Waals surface area contributed by atoms with E-state index in [4.69, 9.17) is 4.74 Å². The summed E-state index contributed by atoms with van der Waals surface area (Å²) in [5.74, 6) is -0.649. The molecule has 2 N–H and O–H groups in total. The number of nitrogens with zero attached hydrogens (tertiary/aromatic N) is 1. The zero-order valence-electron chi connectivity index (χ0n) is 21.3. The van der Waals surface area contributed by atoms with E-state index in [0.717, 1.165) is 22.3 Å². The molecular weight excluding hydrogens is 430 g/mol. The quantitative estimate of drug-likeness (QED) is 0.602. The van der Waals surface area contributed by atoms with Gasteiger partial charge in [0, 0.05) is 12.6 Å². The van der Waals surface area contributed by atoms with Crippen LogP contribution in [0, 0.1) is 13.8 Å². The Balaban J connectivity index is 2.34. The fourth-order valence-corrected chi connectivity index (χ4v) is 3.82. The molecular formula is C27H37N3O4. The Morgan fingerprint density at radius 1 is 0.912 bits per heavy atom. The highest BCUT2D eigenvalue weighted by Gasteiger charge is 2.35. The molecule has 3 amide bonds. The number of benzene rings is 2. The second-order valence-corrected chi connectivity index (χ2v) is 9.66. The lowest BCUT2D eigenvalue weighted by molar-refractivity contribution is -0.142. The second-order valence-electron chi connectivity index (χ2n) is 9.66. The highest BCUT2D eigenvalue weighted by atomic mass is 16.6. The van der Waals surface area contributed by atoms with E-state index in [1.165, 1.54) is 4.90 Å². The molecule has 0 fully saturated rings. The van der Waals surface area contributed by atoms with Gasteiger partial charge in [-0.25, -0.2) is 4.79 Å². The van der Waals surface area contributed by atoms with Gasteiger partial charge in [0.25, 0.3) is 0 Å². The molecule has 0 aliphatic heterocycles. The number of aryl methyl sites for hydroxylation is 2. The molecule has 0 aromatic heterocycles. The first-order valence-corrected chi connectivity index (χ1v) is 11.6. The average Bonchev–Trinajstić information content (AvgIpc) is 2.74. The highest BCUT2D eigenvalue weighted by Crippen LogP contribution is 2.29. The Morgan fingerprint density at radius 3 is 2.03 bits per heavy atom. The summed E-state index contributed by atoms with van der Waals surface area (Å²) in [4.78, 5) is 40.6. The van der Waals surface area contributed by atoms with Crippen molar-refractivity contribution in [3.8, 4) is 0 Å². The molecule has 0 aliphatic rings. The van der Waals surface area contributed by atoms with Crippen LogP contribution < -0.4 is 10.6 Å². The minimum absolute atomic E-state index is 0.277. The standard InChI is InChI=1S/C27H37N3O4/c1-18(2)30(22(31)17-29-26(33)34-27(5,6)7)24(23-19(3)12-11-13-20(23)4)25(32)28-16-21-14-9-8-10-15-21/h8-15,18,24H,16-17H2,1-7H3,(H,28,32)(H,29,33). The third-order valence-corrected chi connectivity index (χ3v) is 5.28. The SMILES string of the molecule is Cc1cccc(C)c1C(C(=O)NCc1ccccc1)N(C(=O)CNC(=O)OC(C)(C)C)C(C)C. The van der Waals surface area contributed by atoms with Gasteiger partial charge in [0.05, 0.1) is 0 Å². The lowest BCUT2D eigenvalue weighted by atomic mass is 9.93. The van der Waals surface area contributed by atoms with Crippen molar-refractivity contribution in [3.63, 3.8) is 0 Å². The normalized spacial score (nSPS) is 12.1. The summed E-state index contributed by atoms with van der Waals surface area (Å²) < 4.78 is 5.25. The first-order valence-electron chi connectivity index (χ1n) is 11.6. The van der Waals surface area contributed by atoms with Crippen LogP contribution in [-0.4, -0.2) is 41.0 Å². The minimum Gasteiger partial charge on any atom is -0.444 e. The van der Waals surface area contributed by atoms with E-state index >= 15 is 0 Å². The molecule has 7 heteroatoms. The topological polar surface area (TPSA) is 87.7 Å². The first-order chi connectivity index (χ1) is 15.9. The van der Waals surface area contributed by atoms with E-state index in [1.807, 2.05) is 76.2 Å². The van der Waals surface area contributed by atoms with Crippen molar-refractivity contribution >= 4 is 17.9 Å². The zero-order valence-corrected chi connectivity index (χ0v) is 21.3. The third-order valence-electron chi connectivity index (χ3n) is 5.28. The van der Waals surface area contributed by atoms with Crippen molar-refractivity contribution in [2.24, 2.45) is 0 Å². The van der Waals surface area contributed by atoms with Crippen molar-refractivity contribution in [3.05, 3.63) is 70.8 Å². The number of rotatable bonds is 8. The average molecular weight is 468 g/mol. The third kappa shape index (κ3) is 7.61. The van der Waals surface area contributed by atoms with Gasteiger partial charge in [0.2, 0.25) is 11.8 Å². The largest absolute Gasteiger partial charge is 0.444 e. The lowest BCUT2D eigenvalue weighted by Crippen LogP contribution is -2.50. The van der Waals surface area contributed by atoms with Crippen LogP contribution in [0.2, 0.25) is 0 Å². The van der Waals surface area contributed by atoms with Crippen LogP contribution in [0.3, 0.4) is 0 Å². The first kappa shape index (κ1) is 26.9.